The highest BCUT2D eigenvalue weighted by Crippen LogP contribution is 2.35. The monoisotopic (exact) mass is 559 g/mol. The first-order valence-electron chi connectivity index (χ1n) is 12.8. The summed E-state index contributed by atoms with van der Waals surface area (Å²) in [5.41, 5.74) is 5.33. The van der Waals surface area contributed by atoms with E-state index >= 15 is 0 Å². The summed E-state index contributed by atoms with van der Waals surface area (Å²) >= 11 is 0. The van der Waals surface area contributed by atoms with Gasteiger partial charge in [-0.1, -0.05) is 29.5 Å². The Labute approximate surface area is 236 Å². The van der Waals surface area contributed by atoms with Crippen molar-refractivity contribution in [2.45, 2.75) is 0 Å². The molecule has 0 fully saturated rings. The summed E-state index contributed by atoms with van der Waals surface area (Å²) in [4.78, 5) is 21.9. The van der Waals surface area contributed by atoms with Gasteiger partial charge in [0.15, 0.2) is 0 Å². The van der Waals surface area contributed by atoms with Crippen LogP contribution in [0, 0.1) is 11.6 Å². The third-order valence-corrected chi connectivity index (χ3v) is 6.62. The number of amides is 1. The minimum Gasteiger partial charge on any atom is -0.324 e. The number of anilines is 3. The van der Waals surface area contributed by atoms with Gasteiger partial charge < -0.3 is 10.6 Å². The molecule has 4 aromatic heterocycles. The SMILES string of the molecule is O=C(Nc1cccc(-c2nn3ccccc3c2-c2ccnc(Nc3ccc4nn[nH]c4c3)n2)c1)c1c(F)cccc1F. The van der Waals surface area contributed by atoms with Crippen molar-refractivity contribution in [1.82, 2.24) is 35.0 Å². The standard InChI is InChI=1S/C30H19F2N9O/c31-20-7-4-8-21(32)26(20)29(42)34-18-6-3-5-17(15-18)28-27(25-9-1-2-14-41(25)39-28)23-12-13-33-30(36-23)35-19-10-11-22-24(16-19)38-40-37-22/h1-16H,(H,34,42)(H,33,35,36)(H,37,38,40). The summed E-state index contributed by atoms with van der Waals surface area (Å²) < 4.78 is 30.1. The Morgan fingerprint density at radius 2 is 1.74 bits per heavy atom. The van der Waals surface area contributed by atoms with Crippen LogP contribution in [-0.4, -0.2) is 40.9 Å². The van der Waals surface area contributed by atoms with E-state index < -0.39 is 23.1 Å². The van der Waals surface area contributed by atoms with E-state index in [4.69, 9.17) is 10.1 Å². The molecule has 3 aromatic carbocycles. The number of hydrogen-bond acceptors (Lipinski definition) is 7. The van der Waals surface area contributed by atoms with Crippen LogP contribution in [0.4, 0.5) is 26.1 Å². The Morgan fingerprint density at radius 3 is 2.62 bits per heavy atom. The Kier molecular flexibility index (Phi) is 6.05. The number of carbonyl (C=O) groups is 1. The molecule has 12 heteroatoms. The molecule has 0 radical (unpaired) electrons. The molecule has 0 aliphatic heterocycles. The van der Waals surface area contributed by atoms with Crippen molar-refractivity contribution in [3.63, 3.8) is 0 Å². The number of aromatic nitrogens is 7. The number of fused-ring (bicyclic) bond motifs is 2. The molecular weight excluding hydrogens is 540 g/mol. The number of rotatable bonds is 6. The van der Waals surface area contributed by atoms with Crippen molar-refractivity contribution in [1.29, 1.82) is 0 Å². The number of pyridine rings is 1. The van der Waals surface area contributed by atoms with Crippen molar-refractivity contribution in [2.75, 3.05) is 10.6 Å². The number of aromatic amines is 1. The maximum atomic E-state index is 14.2. The molecule has 7 rings (SSSR count). The average molecular weight is 560 g/mol. The fourth-order valence-corrected chi connectivity index (χ4v) is 4.72. The van der Waals surface area contributed by atoms with Gasteiger partial charge in [0, 0.05) is 29.3 Å². The highest BCUT2D eigenvalue weighted by atomic mass is 19.1. The van der Waals surface area contributed by atoms with E-state index in [1.165, 1.54) is 6.07 Å². The Hall–Kier alpha value is -6.04. The Balaban J connectivity index is 1.26. The topological polar surface area (TPSA) is 126 Å². The minimum absolute atomic E-state index is 0.344. The molecule has 0 spiro atoms. The van der Waals surface area contributed by atoms with Crippen LogP contribution in [0.1, 0.15) is 10.4 Å². The number of benzene rings is 3. The number of hydrogen-bond donors (Lipinski definition) is 3. The molecule has 0 aliphatic carbocycles. The van der Waals surface area contributed by atoms with Gasteiger partial charge >= 0.3 is 0 Å². The van der Waals surface area contributed by atoms with Crippen LogP contribution in [0.3, 0.4) is 0 Å². The van der Waals surface area contributed by atoms with Crippen molar-refractivity contribution in [3.05, 3.63) is 115 Å². The summed E-state index contributed by atoms with van der Waals surface area (Å²) in [6, 6.07) is 23.2. The van der Waals surface area contributed by atoms with E-state index in [-0.39, 0.29) is 0 Å². The molecule has 0 saturated heterocycles. The van der Waals surface area contributed by atoms with Gasteiger partial charge in [-0.3, -0.25) is 9.89 Å². The Bertz CT molecular complexity index is 2100. The molecule has 1 amide bonds. The summed E-state index contributed by atoms with van der Waals surface area (Å²) in [6.07, 6.45) is 3.47. The Morgan fingerprint density at radius 1 is 0.881 bits per heavy atom. The number of halogens is 2. The van der Waals surface area contributed by atoms with Gasteiger partial charge in [0.1, 0.15) is 28.4 Å². The van der Waals surface area contributed by atoms with Crippen molar-refractivity contribution in [3.8, 4) is 22.5 Å². The van der Waals surface area contributed by atoms with Gasteiger partial charge in [-0.25, -0.2) is 23.3 Å². The zero-order valence-electron chi connectivity index (χ0n) is 21.6. The zero-order chi connectivity index (χ0) is 28.6. The fraction of sp³-hybridized carbons (Fsp3) is 0. The predicted octanol–water partition coefficient (Wildman–Crippen LogP) is 6.00. The lowest BCUT2D eigenvalue weighted by atomic mass is 10.0. The summed E-state index contributed by atoms with van der Waals surface area (Å²) in [5, 5.41) is 21.2. The van der Waals surface area contributed by atoms with E-state index in [1.54, 1.807) is 35.0 Å². The first-order valence-corrected chi connectivity index (χ1v) is 12.8. The third-order valence-electron chi connectivity index (χ3n) is 6.62. The smallest absolute Gasteiger partial charge is 0.261 e. The lowest BCUT2D eigenvalue weighted by molar-refractivity contribution is 0.101. The van der Waals surface area contributed by atoms with Crippen LogP contribution >= 0.6 is 0 Å². The van der Waals surface area contributed by atoms with Crippen LogP contribution in [0.25, 0.3) is 39.1 Å². The number of nitrogens with zero attached hydrogens (tertiary/aromatic N) is 6. The molecule has 10 nitrogen and oxygen atoms in total. The summed E-state index contributed by atoms with van der Waals surface area (Å²) in [5.74, 6) is -2.41. The summed E-state index contributed by atoms with van der Waals surface area (Å²) in [7, 11) is 0. The molecule has 3 N–H and O–H groups in total. The molecule has 4 heterocycles. The van der Waals surface area contributed by atoms with E-state index in [9.17, 15) is 13.6 Å². The predicted molar refractivity (Wildman–Crippen MR) is 153 cm³/mol. The molecule has 0 saturated carbocycles. The van der Waals surface area contributed by atoms with Crippen LogP contribution in [-0.2, 0) is 0 Å². The van der Waals surface area contributed by atoms with E-state index in [1.807, 2.05) is 48.7 Å². The highest BCUT2D eigenvalue weighted by molar-refractivity contribution is 6.05. The van der Waals surface area contributed by atoms with Crippen LogP contribution in [0.2, 0.25) is 0 Å². The molecular formula is C30H19F2N9O. The summed E-state index contributed by atoms with van der Waals surface area (Å²) in [6.45, 7) is 0. The molecule has 204 valence electrons. The van der Waals surface area contributed by atoms with Crippen LogP contribution in [0.5, 0.6) is 0 Å². The quantitative estimate of drug-likeness (QED) is 0.228. The van der Waals surface area contributed by atoms with E-state index in [2.05, 4.69) is 31.0 Å². The van der Waals surface area contributed by atoms with Crippen molar-refractivity contribution >= 4 is 39.8 Å². The highest BCUT2D eigenvalue weighted by Gasteiger charge is 2.20. The maximum absolute atomic E-state index is 14.2. The molecule has 42 heavy (non-hydrogen) atoms. The number of H-pyrrole nitrogens is 1. The van der Waals surface area contributed by atoms with Crippen LogP contribution in [0.15, 0.2) is 97.3 Å². The third kappa shape index (κ3) is 4.56. The fourth-order valence-electron chi connectivity index (χ4n) is 4.72. The molecule has 7 aromatic rings. The van der Waals surface area contributed by atoms with Gasteiger partial charge in [-0.05, 0) is 60.7 Å². The van der Waals surface area contributed by atoms with E-state index in [0.29, 0.717) is 28.6 Å². The van der Waals surface area contributed by atoms with Gasteiger partial charge in [0.25, 0.3) is 5.91 Å². The molecule has 0 unspecified atom stereocenters. The van der Waals surface area contributed by atoms with Gasteiger partial charge in [0.2, 0.25) is 5.95 Å². The normalized spacial score (nSPS) is 11.2. The zero-order valence-corrected chi connectivity index (χ0v) is 21.6. The first kappa shape index (κ1) is 25.0. The van der Waals surface area contributed by atoms with Crippen molar-refractivity contribution < 1.29 is 13.6 Å². The van der Waals surface area contributed by atoms with Crippen molar-refractivity contribution in [2.24, 2.45) is 0 Å². The van der Waals surface area contributed by atoms with E-state index in [0.717, 1.165) is 39.9 Å². The van der Waals surface area contributed by atoms with Crippen LogP contribution < -0.4 is 10.6 Å². The molecule has 0 bridgehead atoms. The first-order chi connectivity index (χ1) is 20.5. The number of nitrogens with one attached hydrogen (secondary N) is 3. The average Bonchev–Trinajstić information content (AvgIpc) is 3.62. The molecule has 0 atom stereocenters. The second-order valence-corrected chi connectivity index (χ2v) is 9.32. The maximum Gasteiger partial charge on any atom is 0.261 e. The minimum atomic E-state index is -0.944. The van der Waals surface area contributed by atoms with Gasteiger partial charge in [0.05, 0.1) is 22.3 Å². The second kappa shape index (κ2) is 10.2. The number of carbonyl (C=O) groups excluding carboxylic acids is 1. The van der Waals surface area contributed by atoms with Gasteiger partial charge in [-0.15, -0.1) is 5.10 Å². The lowest BCUT2D eigenvalue weighted by Crippen LogP contribution is -2.15. The second-order valence-electron chi connectivity index (χ2n) is 9.32. The lowest BCUT2D eigenvalue weighted by Gasteiger charge is -2.10. The molecule has 0 aliphatic rings. The largest absolute Gasteiger partial charge is 0.324 e. The van der Waals surface area contributed by atoms with Gasteiger partial charge in [-0.2, -0.15) is 5.10 Å².